The number of hydrogen-bond acceptors (Lipinski definition) is 5. The molecular weight excluding hydrogens is 423 g/mol. The van der Waals surface area contributed by atoms with Crippen molar-refractivity contribution in [2.45, 2.75) is 12.5 Å². The lowest BCUT2D eigenvalue weighted by Gasteiger charge is -2.39. The number of carbonyl (C=O) groups is 2. The van der Waals surface area contributed by atoms with Gasteiger partial charge in [-0.05, 0) is 36.4 Å². The van der Waals surface area contributed by atoms with Crippen LogP contribution < -0.4 is 4.90 Å². The van der Waals surface area contributed by atoms with E-state index in [9.17, 15) is 14.0 Å². The van der Waals surface area contributed by atoms with Crippen LogP contribution in [-0.2, 0) is 18.4 Å². The lowest BCUT2D eigenvalue weighted by atomic mass is 9.94. The molecule has 8 nitrogen and oxygen atoms in total. The van der Waals surface area contributed by atoms with Crippen molar-refractivity contribution in [1.29, 1.82) is 0 Å². The molecule has 1 unspecified atom stereocenters. The molecule has 0 bridgehead atoms. The Labute approximate surface area is 191 Å². The van der Waals surface area contributed by atoms with Gasteiger partial charge in [-0.25, -0.2) is 4.39 Å². The quantitative estimate of drug-likeness (QED) is 0.613. The van der Waals surface area contributed by atoms with Crippen molar-refractivity contribution in [1.82, 2.24) is 24.6 Å². The Balaban J connectivity index is 1.32. The minimum absolute atomic E-state index is 0.0211. The summed E-state index contributed by atoms with van der Waals surface area (Å²) in [5.41, 5.74) is 2.94. The summed E-state index contributed by atoms with van der Waals surface area (Å²) in [6.45, 7) is 3.12. The largest absolute Gasteiger partial charge is 0.368 e. The number of amides is 2. The van der Waals surface area contributed by atoms with Crippen molar-refractivity contribution < 1.29 is 14.0 Å². The molecule has 1 atom stereocenters. The molecule has 1 saturated heterocycles. The number of piperazine rings is 1. The van der Waals surface area contributed by atoms with E-state index in [1.165, 1.54) is 12.1 Å². The zero-order valence-electron chi connectivity index (χ0n) is 18.4. The van der Waals surface area contributed by atoms with Gasteiger partial charge in [-0.15, -0.1) is 0 Å². The van der Waals surface area contributed by atoms with Gasteiger partial charge in [0.2, 0.25) is 5.91 Å². The van der Waals surface area contributed by atoms with Gasteiger partial charge < -0.3 is 14.7 Å². The van der Waals surface area contributed by atoms with Gasteiger partial charge in [0, 0.05) is 70.0 Å². The molecule has 0 radical (unpaired) electrons. The third kappa shape index (κ3) is 4.18. The zero-order chi connectivity index (χ0) is 22.9. The monoisotopic (exact) mass is 448 g/mol. The highest BCUT2D eigenvalue weighted by Gasteiger charge is 2.38. The van der Waals surface area contributed by atoms with E-state index in [0.717, 1.165) is 16.9 Å². The number of nitrogens with zero attached hydrogens (tertiary/aromatic N) is 6. The first-order chi connectivity index (χ1) is 16.0. The summed E-state index contributed by atoms with van der Waals surface area (Å²) < 4.78 is 14.9. The van der Waals surface area contributed by atoms with Crippen molar-refractivity contribution >= 4 is 17.5 Å². The van der Waals surface area contributed by atoms with Crippen molar-refractivity contribution in [2.24, 2.45) is 7.05 Å². The van der Waals surface area contributed by atoms with Gasteiger partial charge in [0.25, 0.3) is 5.91 Å². The van der Waals surface area contributed by atoms with Crippen molar-refractivity contribution in [3.8, 4) is 0 Å². The first-order valence-corrected chi connectivity index (χ1v) is 11.0. The summed E-state index contributed by atoms with van der Waals surface area (Å²) in [6, 6.07) is 11.7. The number of aromatic nitrogens is 3. The summed E-state index contributed by atoms with van der Waals surface area (Å²) >= 11 is 0. The minimum atomic E-state index is -0.514. The van der Waals surface area contributed by atoms with Crippen LogP contribution in [0.15, 0.2) is 54.9 Å². The summed E-state index contributed by atoms with van der Waals surface area (Å²) in [5.74, 6) is -0.989. The third-order valence-electron chi connectivity index (χ3n) is 6.28. The van der Waals surface area contributed by atoms with E-state index in [0.29, 0.717) is 38.4 Å². The molecule has 1 fully saturated rings. The fraction of sp³-hybridized carbons (Fsp3) is 0.333. The molecule has 5 rings (SSSR count). The molecule has 0 saturated carbocycles. The highest BCUT2D eigenvalue weighted by molar-refractivity contribution is 5.93. The number of pyridine rings is 1. The molecule has 9 heteroatoms. The van der Waals surface area contributed by atoms with Crippen molar-refractivity contribution in [2.75, 3.05) is 37.6 Å². The van der Waals surface area contributed by atoms with E-state index < -0.39 is 5.92 Å². The normalized spacial score (nSPS) is 18.2. The Kier molecular flexibility index (Phi) is 5.53. The first kappa shape index (κ1) is 21.1. The maximum absolute atomic E-state index is 13.6. The number of fused-ring (bicyclic) bond motifs is 1. The lowest BCUT2D eigenvalue weighted by molar-refractivity contribution is -0.133. The van der Waals surface area contributed by atoms with Gasteiger partial charge in [-0.1, -0.05) is 6.07 Å². The van der Waals surface area contributed by atoms with Gasteiger partial charge in [0.15, 0.2) is 0 Å². The molecule has 170 valence electrons. The maximum Gasteiger partial charge on any atom is 0.272 e. The highest BCUT2D eigenvalue weighted by atomic mass is 19.1. The third-order valence-corrected chi connectivity index (χ3v) is 6.28. The molecule has 2 aromatic heterocycles. The smallest absolute Gasteiger partial charge is 0.272 e. The van der Waals surface area contributed by atoms with Crippen molar-refractivity contribution in [3.63, 3.8) is 0 Å². The molecule has 4 heterocycles. The summed E-state index contributed by atoms with van der Waals surface area (Å²) in [7, 11) is 1.83. The van der Waals surface area contributed by atoms with Gasteiger partial charge in [-0.3, -0.25) is 19.3 Å². The van der Waals surface area contributed by atoms with E-state index >= 15 is 0 Å². The zero-order valence-corrected chi connectivity index (χ0v) is 18.4. The van der Waals surface area contributed by atoms with Crippen molar-refractivity contribution in [3.05, 3.63) is 77.6 Å². The molecule has 1 aromatic carbocycles. The van der Waals surface area contributed by atoms with Crippen LogP contribution in [0.3, 0.4) is 0 Å². The van der Waals surface area contributed by atoms with E-state index in [1.807, 2.05) is 18.1 Å². The van der Waals surface area contributed by atoms with Crippen LogP contribution in [0.1, 0.15) is 27.7 Å². The maximum atomic E-state index is 13.6. The van der Waals surface area contributed by atoms with Crippen LogP contribution in [0.25, 0.3) is 0 Å². The molecule has 2 aliphatic rings. The van der Waals surface area contributed by atoms with Gasteiger partial charge in [-0.2, -0.15) is 5.10 Å². The van der Waals surface area contributed by atoms with Crippen LogP contribution in [0.2, 0.25) is 0 Å². The van der Waals surface area contributed by atoms with Gasteiger partial charge in [0.05, 0.1) is 5.69 Å². The van der Waals surface area contributed by atoms with E-state index in [-0.39, 0.29) is 24.2 Å². The predicted octanol–water partition coefficient (Wildman–Crippen LogP) is 2.04. The molecule has 0 spiro atoms. The van der Waals surface area contributed by atoms with Crippen LogP contribution in [0.5, 0.6) is 0 Å². The second-order valence-corrected chi connectivity index (χ2v) is 8.46. The van der Waals surface area contributed by atoms with E-state index in [4.69, 9.17) is 0 Å². The molecule has 0 N–H and O–H groups in total. The Morgan fingerprint density at radius 1 is 1.00 bits per heavy atom. The molecule has 3 aromatic rings. The number of carbonyl (C=O) groups excluding carboxylic acids is 2. The number of benzene rings is 1. The average Bonchev–Trinajstić information content (AvgIpc) is 3.24. The SMILES string of the molecule is Cn1cc2c(n1)C(C(=O)N1CCN(c3ccc(F)cc3)CC1)CN(C(=O)c1ccccn1)C2. The highest BCUT2D eigenvalue weighted by Crippen LogP contribution is 2.30. The van der Waals surface area contributed by atoms with Crippen LogP contribution in [0.4, 0.5) is 10.1 Å². The summed E-state index contributed by atoms with van der Waals surface area (Å²) in [5, 5.41) is 4.56. The summed E-state index contributed by atoms with van der Waals surface area (Å²) in [4.78, 5) is 36.5. The Morgan fingerprint density at radius 3 is 2.45 bits per heavy atom. The fourth-order valence-corrected chi connectivity index (χ4v) is 4.61. The van der Waals surface area contributed by atoms with Crippen LogP contribution >= 0.6 is 0 Å². The Bertz CT molecular complexity index is 1160. The Hall–Kier alpha value is -3.75. The second kappa shape index (κ2) is 8.65. The van der Waals surface area contributed by atoms with Crippen LogP contribution in [0, 0.1) is 5.82 Å². The number of rotatable bonds is 3. The molecule has 2 amide bonds. The molecule has 33 heavy (non-hydrogen) atoms. The number of hydrogen-bond donors (Lipinski definition) is 0. The van der Waals surface area contributed by atoms with E-state index in [2.05, 4.69) is 15.0 Å². The van der Waals surface area contributed by atoms with E-state index in [1.54, 1.807) is 46.1 Å². The predicted molar refractivity (Wildman–Crippen MR) is 120 cm³/mol. The molecular formula is C24H25FN6O2. The molecule has 0 aliphatic carbocycles. The number of aryl methyl sites for hydroxylation is 1. The topological polar surface area (TPSA) is 74.6 Å². The first-order valence-electron chi connectivity index (χ1n) is 11.0. The number of halogens is 1. The summed E-state index contributed by atoms with van der Waals surface area (Å²) in [6.07, 6.45) is 3.47. The average molecular weight is 449 g/mol. The minimum Gasteiger partial charge on any atom is -0.368 e. The standard InChI is InChI=1S/C24H25FN6O2/c1-28-14-17-15-31(24(33)21-4-2-3-9-26-21)16-20(22(17)27-28)23(32)30-12-10-29(11-13-30)19-7-5-18(25)6-8-19/h2-9,14,20H,10-13,15-16H2,1H3. The van der Waals surface area contributed by atoms with Gasteiger partial charge in [0.1, 0.15) is 17.4 Å². The lowest BCUT2D eigenvalue weighted by Crippen LogP contribution is -2.52. The number of anilines is 1. The Morgan fingerprint density at radius 2 is 1.76 bits per heavy atom. The fourth-order valence-electron chi connectivity index (χ4n) is 4.61. The second-order valence-electron chi connectivity index (χ2n) is 8.46. The van der Waals surface area contributed by atoms with Gasteiger partial charge >= 0.3 is 0 Å². The van der Waals surface area contributed by atoms with Crippen LogP contribution in [-0.4, -0.2) is 69.1 Å². The molecule has 2 aliphatic heterocycles.